The second-order valence-corrected chi connectivity index (χ2v) is 8.56. The third-order valence-electron chi connectivity index (χ3n) is 6.79. The summed E-state index contributed by atoms with van der Waals surface area (Å²) in [5.41, 5.74) is -0.188. The third-order valence-corrected chi connectivity index (χ3v) is 6.79. The molecule has 2 saturated carbocycles. The molecule has 3 aromatic rings. The maximum Gasteiger partial charge on any atom is 0.325 e. The fourth-order valence-corrected chi connectivity index (χ4v) is 5.06. The number of amides is 3. The predicted molar refractivity (Wildman–Crippen MR) is 108 cm³/mol. The van der Waals surface area contributed by atoms with Gasteiger partial charge in [0.2, 0.25) is 5.78 Å². The van der Waals surface area contributed by atoms with Crippen molar-refractivity contribution in [2.24, 2.45) is 11.8 Å². The van der Waals surface area contributed by atoms with Crippen LogP contribution in [0.25, 0.3) is 16.7 Å². The van der Waals surface area contributed by atoms with Gasteiger partial charge in [0.05, 0.1) is 17.4 Å². The molecule has 2 aromatic heterocycles. The molecule has 0 spiro atoms. The molecule has 2 aliphatic carbocycles. The van der Waals surface area contributed by atoms with Crippen LogP contribution in [0.3, 0.4) is 0 Å². The fraction of sp³-hybridized carbons (Fsp3) is 0.476. The molecule has 3 amide bonds. The largest absolute Gasteiger partial charge is 0.325 e. The van der Waals surface area contributed by atoms with Crippen LogP contribution in [0.4, 0.5) is 4.79 Å². The number of nitrogens with zero attached hydrogens (tertiary/aromatic N) is 5. The van der Waals surface area contributed by atoms with Crippen LogP contribution in [0.5, 0.6) is 0 Å². The van der Waals surface area contributed by atoms with Gasteiger partial charge in [-0.25, -0.2) is 4.79 Å². The number of para-hydroxylation sites is 1. The van der Waals surface area contributed by atoms with E-state index >= 15 is 0 Å². The van der Waals surface area contributed by atoms with Gasteiger partial charge in [-0.1, -0.05) is 12.1 Å². The van der Waals surface area contributed by atoms with E-state index < -0.39 is 5.54 Å². The number of urea groups is 1. The zero-order chi connectivity index (χ0) is 20.6. The van der Waals surface area contributed by atoms with E-state index in [-0.39, 0.29) is 35.9 Å². The van der Waals surface area contributed by atoms with Crippen LogP contribution >= 0.6 is 0 Å². The molecule has 0 bridgehead atoms. The van der Waals surface area contributed by atoms with Gasteiger partial charge >= 0.3 is 6.03 Å². The Kier molecular flexibility index (Phi) is 3.46. The Balaban J connectivity index is 1.47. The van der Waals surface area contributed by atoms with Crippen molar-refractivity contribution in [2.75, 3.05) is 0 Å². The lowest BCUT2D eigenvalue weighted by molar-refractivity contribution is -0.133. The van der Waals surface area contributed by atoms with Crippen LogP contribution in [0.15, 0.2) is 29.1 Å². The molecule has 0 radical (unpaired) electrons. The van der Waals surface area contributed by atoms with Crippen molar-refractivity contribution in [1.29, 1.82) is 0 Å². The number of hydrogen-bond acceptors (Lipinski definition) is 5. The highest BCUT2D eigenvalue weighted by Gasteiger charge is 2.65. The minimum atomic E-state index is -0.731. The fourth-order valence-electron chi connectivity index (χ4n) is 5.06. The van der Waals surface area contributed by atoms with E-state index in [0.717, 1.165) is 25.7 Å². The van der Waals surface area contributed by atoms with Gasteiger partial charge in [-0.2, -0.15) is 0 Å². The molecule has 3 fully saturated rings. The van der Waals surface area contributed by atoms with Crippen molar-refractivity contribution < 1.29 is 9.59 Å². The molecule has 6 rings (SSSR count). The zero-order valence-electron chi connectivity index (χ0n) is 16.7. The quantitative estimate of drug-likeness (QED) is 0.650. The molecule has 1 aromatic carbocycles. The summed E-state index contributed by atoms with van der Waals surface area (Å²) >= 11 is 0. The van der Waals surface area contributed by atoms with Crippen LogP contribution in [-0.2, 0) is 17.9 Å². The second-order valence-electron chi connectivity index (χ2n) is 8.56. The zero-order valence-corrected chi connectivity index (χ0v) is 16.7. The first-order chi connectivity index (χ1) is 14.6. The number of aromatic nitrogens is 4. The summed E-state index contributed by atoms with van der Waals surface area (Å²) in [4.78, 5) is 40.4. The summed E-state index contributed by atoms with van der Waals surface area (Å²) in [5, 5.41) is 12.1. The second kappa shape index (κ2) is 5.90. The van der Waals surface area contributed by atoms with Crippen LogP contribution in [-0.4, -0.2) is 41.5 Å². The molecule has 3 aliphatic rings. The lowest BCUT2D eigenvalue weighted by Crippen LogP contribution is -2.51. The van der Waals surface area contributed by atoms with Crippen molar-refractivity contribution in [3.63, 3.8) is 0 Å². The number of carbonyl (C=O) groups is 2. The van der Waals surface area contributed by atoms with Gasteiger partial charge in [0.25, 0.3) is 11.5 Å². The highest BCUT2D eigenvalue weighted by Crippen LogP contribution is 2.54. The average Bonchev–Trinajstić information content (AvgIpc) is 3.68. The van der Waals surface area contributed by atoms with Gasteiger partial charge in [0, 0.05) is 6.54 Å². The molecule has 154 valence electrons. The van der Waals surface area contributed by atoms with E-state index in [1.165, 1.54) is 4.90 Å². The summed E-state index contributed by atoms with van der Waals surface area (Å²) in [6.07, 6.45) is 3.94. The minimum absolute atomic E-state index is 0.0267. The van der Waals surface area contributed by atoms with Gasteiger partial charge in [-0.3, -0.25) is 23.5 Å². The monoisotopic (exact) mass is 406 g/mol. The first-order valence-electron chi connectivity index (χ1n) is 10.6. The van der Waals surface area contributed by atoms with E-state index in [1.807, 2.05) is 25.1 Å². The van der Waals surface area contributed by atoms with E-state index in [2.05, 4.69) is 15.5 Å². The Morgan fingerprint density at radius 2 is 1.77 bits per heavy atom. The van der Waals surface area contributed by atoms with Gasteiger partial charge in [-0.15, -0.1) is 10.2 Å². The maximum absolute atomic E-state index is 13.4. The molecular formula is C21H22N6O3. The number of fused-ring (bicyclic) bond motifs is 3. The van der Waals surface area contributed by atoms with Gasteiger partial charge < -0.3 is 5.32 Å². The SMILES string of the molecule is CCn1c(=O)c2ccccc2n2c(CN3C(=O)NC(C4CC4)(C4CC4)C3=O)nnc12. The molecule has 1 aliphatic heterocycles. The maximum atomic E-state index is 13.4. The highest BCUT2D eigenvalue weighted by molar-refractivity contribution is 6.07. The Bertz CT molecular complexity index is 1270. The Morgan fingerprint density at radius 1 is 1.07 bits per heavy atom. The molecule has 0 atom stereocenters. The smallest absolute Gasteiger partial charge is 0.323 e. The highest BCUT2D eigenvalue weighted by atomic mass is 16.2. The number of rotatable bonds is 5. The molecule has 30 heavy (non-hydrogen) atoms. The minimum Gasteiger partial charge on any atom is -0.323 e. The number of carbonyl (C=O) groups excluding carboxylic acids is 2. The van der Waals surface area contributed by atoms with E-state index in [4.69, 9.17) is 0 Å². The number of imide groups is 1. The Morgan fingerprint density at radius 3 is 2.43 bits per heavy atom. The van der Waals surface area contributed by atoms with Crippen molar-refractivity contribution in [2.45, 2.75) is 51.2 Å². The molecular weight excluding hydrogens is 384 g/mol. The van der Waals surface area contributed by atoms with Crippen LogP contribution in [0, 0.1) is 11.8 Å². The first-order valence-corrected chi connectivity index (χ1v) is 10.6. The molecule has 0 unspecified atom stereocenters. The number of benzene rings is 1. The van der Waals surface area contributed by atoms with Gasteiger partial charge in [-0.05, 0) is 56.6 Å². The van der Waals surface area contributed by atoms with Crippen LogP contribution < -0.4 is 10.9 Å². The predicted octanol–water partition coefficient (Wildman–Crippen LogP) is 1.67. The van der Waals surface area contributed by atoms with E-state index in [9.17, 15) is 14.4 Å². The van der Waals surface area contributed by atoms with Gasteiger partial charge in [0.1, 0.15) is 5.54 Å². The Labute approximate surface area is 171 Å². The summed E-state index contributed by atoms with van der Waals surface area (Å²) in [6.45, 7) is 2.35. The number of aryl methyl sites for hydroxylation is 1. The number of nitrogens with one attached hydrogen (secondary N) is 1. The average molecular weight is 406 g/mol. The van der Waals surface area contributed by atoms with Crippen molar-refractivity contribution in [3.05, 3.63) is 40.4 Å². The van der Waals surface area contributed by atoms with Gasteiger partial charge in [0.15, 0.2) is 5.82 Å². The lowest BCUT2D eigenvalue weighted by atomic mass is 9.87. The Hall–Kier alpha value is -3.23. The topological polar surface area (TPSA) is 102 Å². The van der Waals surface area contributed by atoms with E-state index in [1.54, 1.807) is 15.0 Å². The molecule has 9 nitrogen and oxygen atoms in total. The normalized spacial score (nSPS) is 21.0. The van der Waals surface area contributed by atoms with Crippen LogP contribution in [0.1, 0.15) is 38.4 Å². The third kappa shape index (κ3) is 2.20. The number of hydrogen-bond donors (Lipinski definition) is 1. The summed E-state index contributed by atoms with van der Waals surface area (Å²) < 4.78 is 3.35. The summed E-state index contributed by atoms with van der Waals surface area (Å²) in [7, 11) is 0. The molecule has 1 saturated heterocycles. The summed E-state index contributed by atoms with van der Waals surface area (Å²) in [5.74, 6) is 1.23. The van der Waals surface area contributed by atoms with E-state index in [0.29, 0.717) is 29.0 Å². The van der Waals surface area contributed by atoms with Crippen LogP contribution in [0.2, 0.25) is 0 Å². The standard InChI is InChI=1S/C21H22N6O3/c1-2-25-17(28)14-5-3-4-6-15(14)27-16(23-24-19(25)27)11-26-18(29)21(12-7-8-12,13-9-10-13)22-20(26)30/h3-6,12-13H,2,7-11H2,1H3,(H,22,30). The van der Waals surface area contributed by atoms with Crippen molar-refractivity contribution in [3.8, 4) is 0 Å². The molecule has 9 heteroatoms. The summed E-state index contributed by atoms with van der Waals surface area (Å²) in [6, 6.07) is 6.91. The lowest BCUT2D eigenvalue weighted by Gasteiger charge is -2.26. The van der Waals surface area contributed by atoms with Crippen molar-refractivity contribution >= 4 is 28.6 Å². The molecule has 3 heterocycles. The first kappa shape index (κ1) is 17.6. The van der Waals surface area contributed by atoms with Crippen molar-refractivity contribution in [1.82, 2.24) is 29.4 Å². The molecule has 1 N–H and O–H groups in total.